The zero-order valence-electron chi connectivity index (χ0n) is 16.2. The molecule has 4 heteroatoms. The number of rotatable bonds is 3. The highest BCUT2D eigenvalue weighted by Crippen LogP contribution is 2.31. The Morgan fingerprint density at radius 3 is 2.54 bits per heavy atom. The van der Waals surface area contributed by atoms with Crippen molar-refractivity contribution in [3.05, 3.63) is 53.7 Å². The van der Waals surface area contributed by atoms with Gasteiger partial charge in [0.15, 0.2) is 0 Å². The van der Waals surface area contributed by atoms with Gasteiger partial charge in [0.1, 0.15) is 5.82 Å². The van der Waals surface area contributed by atoms with Crippen molar-refractivity contribution >= 4 is 17.4 Å². The third-order valence-electron chi connectivity index (χ3n) is 5.08. The van der Waals surface area contributed by atoms with Crippen molar-refractivity contribution in [3.8, 4) is 0 Å². The van der Waals surface area contributed by atoms with Crippen LogP contribution in [-0.4, -0.2) is 28.9 Å². The van der Waals surface area contributed by atoms with Crippen LogP contribution in [0.3, 0.4) is 0 Å². The lowest BCUT2D eigenvalue weighted by Crippen LogP contribution is -2.37. The van der Waals surface area contributed by atoms with Gasteiger partial charge in [-0.15, -0.1) is 0 Å². The largest absolute Gasteiger partial charge is 0.340 e. The van der Waals surface area contributed by atoms with Gasteiger partial charge >= 0.3 is 0 Å². The van der Waals surface area contributed by atoms with Crippen LogP contribution in [0.15, 0.2) is 42.6 Å². The van der Waals surface area contributed by atoms with Crippen LogP contribution in [0.2, 0.25) is 0 Å². The van der Waals surface area contributed by atoms with Crippen LogP contribution in [0.25, 0.3) is 0 Å². The first kappa shape index (κ1) is 18.4. The molecule has 1 aromatic heterocycles. The second kappa shape index (κ2) is 7.48. The molecule has 2 aromatic rings. The molecule has 0 saturated carbocycles. The third-order valence-corrected chi connectivity index (χ3v) is 5.08. The topological polar surface area (TPSA) is 45.2 Å². The summed E-state index contributed by atoms with van der Waals surface area (Å²) >= 11 is 0. The van der Waals surface area contributed by atoms with Gasteiger partial charge in [-0.3, -0.25) is 4.79 Å². The quantitative estimate of drug-likeness (QED) is 0.847. The molecule has 1 amide bonds. The first-order chi connectivity index (χ1) is 12.3. The van der Waals surface area contributed by atoms with Crippen LogP contribution in [0.5, 0.6) is 0 Å². The van der Waals surface area contributed by atoms with Gasteiger partial charge in [0.25, 0.3) is 5.91 Å². The highest BCUT2D eigenvalue weighted by atomic mass is 16.2. The summed E-state index contributed by atoms with van der Waals surface area (Å²) in [6, 6.07) is 11.9. The van der Waals surface area contributed by atoms with Crippen LogP contribution >= 0.6 is 0 Å². The van der Waals surface area contributed by atoms with Crippen molar-refractivity contribution in [1.82, 2.24) is 9.88 Å². The number of aromatic nitrogens is 1. The number of piperidine rings is 1. The van der Waals surface area contributed by atoms with E-state index < -0.39 is 0 Å². The van der Waals surface area contributed by atoms with Gasteiger partial charge in [-0.05, 0) is 47.9 Å². The Labute approximate surface area is 156 Å². The summed E-state index contributed by atoms with van der Waals surface area (Å²) in [6.45, 7) is 10.5. The second-order valence-electron chi connectivity index (χ2n) is 8.33. The fourth-order valence-corrected chi connectivity index (χ4v) is 3.41. The zero-order valence-corrected chi connectivity index (χ0v) is 16.2. The van der Waals surface area contributed by atoms with Crippen molar-refractivity contribution in [2.45, 2.75) is 46.0 Å². The number of hydrogen-bond acceptors (Lipinski definition) is 3. The molecule has 0 spiro atoms. The van der Waals surface area contributed by atoms with E-state index in [2.05, 4.69) is 56.2 Å². The van der Waals surface area contributed by atoms with Crippen LogP contribution in [0, 0.1) is 5.92 Å². The van der Waals surface area contributed by atoms with E-state index in [-0.39, 0.29) is 11.3 Å². The van der Waals surface area contributed by atoms with Gasteiger partial charge in [0.05, 0.1) is 0 Å². The minimum Gasteiger partial charge on any atom is -0.340 e. The average Bonchev–Trinajstić information content (AvgIpc) is 2.61. The SMILES string of the molecule is CC1CCN(C(=O)c2ccnc(Nc3ccccc3C(C)(C)C)c2)CC1. The first-order valence-electron chi connectivity index (χ1n) is 9.46. The summed E-state index contributed by atoms with van der Waals surface area (Å²) in [7, 11) is 0. The maximum atomic E-state index is 12.8. The highest BCUT2D eigenvalue weighted by molar-refractivity contribution is 5.95. The van der Waals surface area contributed by atoms with E-state index in [9.17, 15) is 4.79 Å². The van der Waals surface area contributed by atoms with Gasteiger partial charge in [-0.2, -0.15) is 0 Å². The summed E-state index contributed by atoms with van der Waals surface area (Å²) in [5.41, 5.74) is 2.99. The van der Waals surface area contributed by atoms with E-state index in [1.54, 1.807) is 12.3 Å². The molecule has 1 aliphatic rings. The molecule has 2 heterocycles. The molecule has 4 nitrogen and oxygen atoms in total. The van der Waals surface area contributed by atoms with Crippen molar-refractivity contribution in [2.24, 2.45) is 5.92 Å². The molecule has 138 valence electrons. The number of para-hydroxylation sites is 1. The van der Waals surface area contributed by atoms with Gasteiger partial charge < -0.3 is 10.2 Å². The van der Waals surface area contributed by atoms with Crippen molar-refractivity contribution in [2.75, 3.05) is 18.4 Å². The normalized spacial score (nSPS) is 15.8. The van der Waals surface area contributed by atoms with E-state index in [1.165, 1.54) is 5.56 Å². The van der Waals surface area contributed by atoms with Crippen LogP contribution in [0.1, 0.15) is 56.5 Å². The number of hydrogen-bond donors (Lipinski definition) is 1. The molecule has 1 saturated heterocycles. The minimum absolute atomic E-state index is 0.0293. The summed E-state index contributed by atoms with van der Waals surface area (Å²) in [5, 5.41) is 3.40. The molecule has 1 aliphatic heterocycles. The minimum atomic E-state index is 0.0293. The smallest absolute Gasteiger partial charge is 0.254 e. The van der Waals surface area contributed by atoms with Crippen LogP contribution in [0.4, 0.5) is 11.5 Å². The molecule has 0 atom stereocenters. The Morgan fingerprint density at radius 2 is 1.85 bits per heavy atom. The number of likely N-dealkylation sites (tertiary alicyclic amines) is 1. The van der Waals surface area contributed by atoms with Gasteiger partial charge in [0, 0.05) is 30.5 Å². The Kier molecular flexibility index (Phi) is 5.30. The standard InChI is InChI=1S/C22H29N3O/c1-16-10-13-25(14-11-16)21(26)17-9-12-23-20(15-17)24-19-8-6-5-7-18(19)22(2,3)4/h5-9,12,15-16H,10-11,13-14H2,1-4H3,(H,23,24). The maximum absolute atomic E-state index is 12.8. The molecule has 3 rings (SSSR count). The van der Waals surface area contributed by atoms with Crippen molar-refractivity contribution < 1.29 is 4.79 Å². The lowest BCUT2D eigenvalue weighted by molar-refractivity contribution is 0.0697. The number of carbonyl (C=O) groups is 1. The summed E-state index contributed by atoms with van der Waals surface area (Å²) in [5.74, 6) is 1.52. The summed E-state index contributed by atoms with van der Waals surface area (Å²) in [6.07, 6.45) is 3.88. The fourth-order valence-electron chi connectivity index (χ4n) is 3.41. The molecule has 26 heavy (non-hydrogen) atoms. The molecular weight excluding hydrogens is 322 g/mol. The monoisotopic (exact) mass is 351 g/mol. The van der Waals surface area contributed by atoms with E-state index in [1.807, 2.05) is 17.0 Å². The van der Waals surface area contributed by atoms with Crippen molar-refractivity contribution in [1.29, 1.82) is 0 Å². The van der Waals surface area contributed by atoms with Gasteiger partial charge in [-0.1, -0.05) is 45.9 Å². The van der Waals surface area contributed by atoms with Gasteiger partial charge in [0.2, 0.25) is 0 Å². The summed E-state index contributed by atoms with van der Waals surface area (Å²) in [4.78, 5) is 19.2. The Bertz CT molecular complexity index is 771. The lowest BCUT2D eigenvalue weighted by Gasteiger charge is -2.30. The third kappa shape index (κ3) is 4.24. The lowest BCUT2D eigenvalue weighted by atomic mass is 9.86. The van der Waals surface area contributed by atoms with Gasteiger partial charge in [-0.25, -0.2) is 4.98 Å². The molecular formula is C22H29N3O. The molecule has 1 N–H and O–H groups in total. The molecule has 0 radical (unpaired) electrons. The molecule has 1 aromatic carbocycles. The molecule has 0 unspecified atom stereocenters. The average molecular weight is 351 g/mol. The van der Waals surface area contributed by atoms with Crippen LogP contribution in [-0.2, 0) is 5.41 Å². The van der Waals surface area contributed by atoms with E-state index in [4.69, 9.17) is 0 Å². The Hall–Kier alpha value is -2.36. The predicted octanol–water partition coefficient (Wildman–Crippen LogP) is 4.99. The predicted molar refractivity (Wildman–Crippen MR) is 107 cm³/mol. The molecule has 0 bridgehead atoms. The van der Waals surface area contributed by atoms with E-state index in [0.717, 1.165) is 31.6 Å². The maximum Gasteiger partial charge on any atom is 0.254 e. The Balaban J connectivity index is 1.79. The second-order valence-corrected chi connectivity index (χ2v) is 8.33. The number of nitrogens with zero attached hydrogens (tertiary/aromatic N) is 2. The zero-order chi connectivity index (χ0) is 18.7. The first-order valence-corrected chi connectivity index (χ1v) is 9.46. The number of nitrogens with one attached hydrogen (secondary N) is 1. The number of anilines is 2. The number of benzene rings is 1. The summed E-state index contributed by atoms with van der Waals surface area (Å²) < 4.78 is 0. The Morgan fingerprint density at radius 1 is 1.15 bits per heavy atom. The van der Waals surface area contributed by atoms with Crippen LogP contribution < -0.4 is 5.32 Å². The van der Waals surface area contributed by atoms with E-state index in [0.29, 0.717) is 17.3 Å². The van der Waals surface area contributed by atoms with Crippen molar-refractivity contribution in [3.63, 3.8) is 0 Å². The highest BCUT2D eigenvalue weighted by Gasteiger charge is 2.22. The molecule has 1 fully saturated rings. The number of pyridine rings is 1. The number of carbonyl (C=O) groups excluding carboxylic acids is 1. The molecule has 0 aliphatic carbocycles. The fraction of sp³-hybridized carbons (Fsp3) is 0.455. The number of amides is 1. The van der Waals surface area contributed by atoms with E-state index >= 15 is 0 Å².